The zero-order valence-corrected chi connectivity index (χ0v) is 16.0. The molecule has 0 amide bonds. The van der Waals surface area contributed by atoms with Crippen molar-refractivity contribution in [1.82, 2.24) is 15.5 Å². The van der Waals surface area contributed by atoms with E-state index in [1.807, 2.05) is 18.2 Å². The van der Waals surface area contributed by atoms with Crippen molar-refractivity contribution in [3.63, 3.8) is 0 Å². The molecule has 2 N–H and O–H groups in total. The summed E-state index contributed by atoms with van der Waals surface area (Å²) >= 11 is 0. The maximum Gasteiger partial charge on any atom is 0.191 e. The van der Waals surface area contributed by atoms with Gasteiger partial charge in [0, 0.05) is 33.2 Å². The van der Waals surface area contributed by atoms with E-state index in [-0.39, 0.29) is 17.7 Å². The van der Waals surface area contributed by atoms with Crippen LogP contribution in [0.3, 0.4) is 0 Å². The Kier molecular flexibility index (Phi) is 7.33. The van der Waals surface area contributed by atoms with Crippen LogP contribution in [0.1, 0.15) is 17.2 Å². The Hall–Kier alpha value is -2.51. The monoisotopic (exact) mass is 388 g/mol. The number of ether oxygens (including phenoxy) is 1. The molecule has 2 aromatic rings. The molecule has 5 nitrogen and oxygen atoms in total. The number of benzene rings is 2. The number of aliphatic imine (C=N–C) groups is 1. The first kappa shape index (κ1) is 20.2. The molecule has 28 heavy (non-hydrogen) atoms. The lowest BCUT2D eigenvalue weighted by Gasteiger charge is -2.35. The zero-order chi connectivity index (χ0) is 19.8. The van der Waals surface area contributed by atoms with Crippen molar-refractivity contribution >= 4 is 5.96 Å². The fraction of sp³-hybridized carbons (Fsp3) is 0.381. The number of hydrogen-bond acceptors (Lipinski definition) is 3. The molecule has 1 unspecified atom stereocenters. The summed E-state index contributed by atoms with van der Waals surface area (Å²) in [5.74, 6) is 0.126. The lowest BCUT2D eigenvalue weighted by Crippen LogP contribution is -2.46. The fourth-order valence-corrected chi connectivity index (χ4v) is 3.28. The van der Waals surface area contributed by atoms with Crippen molar-refractivity contribution in [2.45, 2.75) is 12.6 Å². The van der Waals surface area contributed by atoms with Gasteiger partial charge in [-0.2, -0.15) is 0 Å². The molecule has 7 heteroatoms. The van der Waals surface area contributed by atoms with E-state index in [4.69, 9.17) is 4.74 Å². The van der Waals surface area contributed by atoms with Crippen LogP contribution < -0.4 is 10.6 Å². The summed E-state index contributed by atoms with van der Waals surface area (Å²) < 4.78 is 32.1. The van der Waals surface area contributed by atoms with Gasteiger partial charge in [0.05, 0.1) is 19.3 Å². The first-order valence-corrected chi connectivity index (χ1v) is 9.42. The van der Waals surface area contributed by atoms with E-state index in [2.05, 4.69) is 20.5 Å². The van der Waals surface area contributed by atoms with E-state index < -0.39 is 0 Å². The maximum absolute atomic E-state index is 13.3. The number of hydrogen-bond donors (Lipinski definition) is 2. The Bertz CT molecular complexity index is 776. The molecule has 0 saturated carbocycles. The van der Waals surface area contributed by atoms with Crippen molar-refractivity contribution in [2.24, 2.45) is 4.99 Å². The molecule has 0 aromatic heterocycles. The number of rotatable bonds is 6. The molecule has 1 aliphatic rings. The molecule has 3 rings (SSSR count). The van der Waals surface area contributed by atoms with Gasteiger partial charge in [0.15, 0.2) is 5.96 Å². The van der Waals surface area contributed by atoms with Crippen LogP contribution in [0.5, 0.6) is 0 Å². The highest BCUT2D eigenvalue weighted by Gasteiger charge is 2.23. The Morgan fingerprint density at radius 1 is 1.07 bits per heavy atom. The normalized spacial score (nSPS) is 16.6. The summed E-state index contributed by atoms with van der Waals surface area (Å²) in [7, 11) is 1.70. The van der Waals surface area contributed by atoms with Crippen LogP contribution in [-0.2, 0) is 11.3 Å². The Labute approximate surface area is 164 Å². The van der Waals surface area contributed by atoms with E-state index in [9.17, 15) is 8.78 Å². The molecule has 150 valence electrons. The number of nitrogens with one attached hydrogen (secondary N) is 2. The van der Waals surface area contributed by atoms with Gasteiger partial charge in [0.1, 0.15) is 11.6 Å². The van der Waals surface area contributed by atoms with Gasteiger partial charge in [-0.05, 0) is 35.4 Å². The topological polar surface area (TPSA) is 48.9 Å². The third-order valence-electron chi connectivity index (χ3n) is 4.78. The molecule has 1 atom stereocenters. The maximum atomic E-state index is 13.3. The summed E-state index contributed by atoms with van der Waals surface area (Å²) in [5, 5.41) is 6.53. The molecule has 1 saturated heterocycles. The van der Waals surface area contributed by atoms with Crippen molar-refractivity contribution < 1.29 is 13.5 Å². The molecule has 2 aromatic carbocycles. The van der Waals surface area contributed by atoms with Crippen molar-refractivity contribution in [1.29, 1.82) is 0 Å². The van der Waals surface area contributed by atoms with Crippen molar-refractivity contribution in [2.75, 3.05) is 39.9 Å². The molecule has 0 bridgehead atoms. The molecule has 0 spiro atoms. The molecule has 0 aliphatic carbocycles. The molecular weight excluding hydrogens is 362 g/mol. The minimum absolute atomic E-state index is 0.0669. The minimum atomic E-state index is -0.258. The second-order valence-corrected chi connectivity index (χ2v) is 6.65. The second kappa shape index (κ2) is 10.1. The van der Waals surface area contributed by atoms with Crippen molar-refractivity contribution in [3.8, 4) is 0 Å². The highest BCUT2D eigenvalue weighted by Crippen LogP contribution is 2.21. The highest BCUT2D eigenvalue weighted by molar-refractivity contribution is 5.79. The second-order valence-electron chi connectivity index (χ2n) is 6.65. The van der Waals surface area contributed by atoms with E-state index in [1.54, 1.807) is 13.1 Å². The predicted octanol–water partition coefficient (Wildman–Crippen LogP) is 2.70. The third kappa shape index (κ3) is 5.74. The van der Waals surface area contributed by atoms with Crippen LogP contribution in [0, 0.1) is 11.6 Å². The van der Waals surface area contributed by atoms with Crippen LogP contribution >= 0.6 is 0 Å². The van der Waals surface area contributed by atoms with E-state index >= 15 is 0 Å². The summed E-state index contributed by atoms with van der Waals surface area (Å²) in [4.78, 5) is 6.57. The standard InChI is InChI=1S/C21H26F2N4O/c1-24-21(25-14-16-3-2-4-19(23)13-16)26-15-20(27-9-11-28-12-10-27)17-5-7-18(22)8-6-17/h2-8,13,20H,9-12,14-15H2,1H3,(H2,24,25,26). The summed E-state index contributed by atoms with van der Waals surface area (Å²) in [6.07, 6.45) is 0. The third-order valence-corrected chi connectivity index (χ3v) is 4.78. The fourth-order valence-electron chi connectivity index (χ4n) is 3.28. The van der Waals surface area contributed by atoms with Crippen LogP contribution in [0.15, 0.2) is 53.5 Å². The highest BCUT2D eigenvalue weighted by atomic mass is 19.1. The Morgan fingerprint density at radius 3 is 2.50 bits per heavy atom. The average molecular weight is 388 g/mol. The van der Waals surface area contributed by atoms with Crippen LogP contribution in [-0.4, -0.2) is 50.8 Å². The van der Waals surface area contributed by atoms with Gasteiger partial charge in [-0.25, -0.2) is 8.78 Å². The zero-order valence-electron chi connectivity index (χ0n) is 16.0. The first-order chi connectivity index (χ1) is 13.7. The number of morpholine rings is 1. The van der Waals surface area contributed by atoms with E-state index in [0.29, 0.717) is 32.3 Å². The van der Waals surface area contributed by atoms with Gasteiger partial charge in [-0.1, -0.05) is 24.3 Å². The van der Waals surface area contributed by atoms with E-state index in [0.717, 1.165) is 24.2 Å². The summed E-state index contributed by atoms with van der Waals surface area (Å²) in [6.45, 7) is 4.08. The molecule has 1 aliphatic heterocycles. The van der Waals surface area contributed by atoms with Gasteiger partial charge in [-0.15, -0.1) is 0 Å². The van der Waals surface area contributed by atoms with Crippen molar-refractivity contribution in [3.05, 3.63) is 71.3 Å². The quantitative estimate of drug-likeness (QED) is 0.590. The minimum Gasteiger partial charge on any atom is -0.379 e. The van der Waals surface area contributed by atoms with E-state index in [1.165, 1.54) is 24.3 Å². The van der Waals surface area contributed by atoms with Gasteiger partial charge in [-0.3, -0.25) is 9.89 Å². The number of nitrogens with zero attached hydrogens (tertiary/aromatic N) is 2. The van der Waals surface area contributed by atoms with Crippen LogP contribution in [0.4, 0.5) is 8.78 Å². The largest absolute Gasteiger partial charge is 0.379 e. The SMILES string of the molecule is CN=C(NCc1cccc(F)c1)NCC(c1ccc(F)cc1)N1CCOCC1. The first-order valence-electron chi connectivity index (χ1n) is 9.42. The molecule has 1 fully saturated rings. The van der Waals surface area contributed by atoms with Crippen LogP contribution in [0.25, 0.3) is 0 Å². The molecule has 1 heterocycles. The Morgan fingerprint density at radius 2 is 1.82 bits per heavy atom. The van der Waals surface area contributed by atoms with Crippen LogP contribution in [0.2, 0.25) is 0 Å². The predicted molar refractivity (Wildman–Crippen MR) is 106 cm³/mol. The summed E-state index contributed by atoms with van der Waals surface area (Å²) in [5.41, 5.74) is 1.88. The van der Waals surface area contributed by atoms with Gasteiger partial charge >= 0.3 is 0 Å². The molecular formula is C21H26F2N4O. The Balaban J connectivity index is 1.63. The number of guanidine groups is 1. The smallest absolute Gasteiger partial charge is 0.191 e. The van der Waals surface area contributed by atoms with Gasteiger partial charge < -0.3 is 15.4 Å². The van der Waals surface area contributed by atoms with Gasteiger partial charge in [0.25, 0.3) is 0 Å². The van der Waals surface area contributed by atoms with Gasteiger partial charge in [0.2, 0.25) is 0 Å². The lowest BCUT2D eigenvalue weighted by molar-refractivity contribution is 0.0170. The number of halogens is 2. The average Bonchev–Trinajstić information content (AvgIpc) is 2.72. The summed E-state index contributed by atoms with van der Waals surface area (Å²) in [6, 6.07) is 13.1. The lowest BCUT2D eigenvalue weighted by atomic mass is 10.0. The molecule has 0 radical (unpaired) electrons.